The van der Waals surface area contributed by atoms with Crippen LogP contribution in [-0.4, -0.2) is 46.2 Å². The van der Waals surface area contributed by atoms with E-state index in [0.29, 0.717) is 6.54 Å². The molecule has 7 heteroatoms. The van der Waals surface area contributed by atoms with Crippen LogP contribution in [0, 0.1) is 17.8 Å². The second-order valence-corrected chi connectivity index (χ2v) is 9.36. The Morgan fingerprint density at radius 2 is 2.00 bits per heavy atom. The molecule has 5 rings (SSSR count). The number of pyridine rings is 1. The van der Waals surface area contributed by atoms with E-state index in [0.717, 1.165) is 61.8 Å². The lowest BCUT2D eigenvalue weighted by molar-refractivity contribution is -0.156. The fourth-order valence-electron chi connectivity index (χ4n) is 6.01. The smallest absolute Gasteiger partial charge is 0.328 e. The van der Waals surface area contributed by atoms with Crippen LogP contribution in [-0.2, 0) is 20.9 Å². The average molecular weight is 427 g/mol. The number of esters is 1. The highest BCUT2D eigenvalue weighted by Crippen LogP contribution is 2.51. The number of fused-ring (bicyclic) bond motifs is 3. The molecule has 2 fully saturated rings. The minimum absolute atomic E-state index is 0.0256. The molecule has 0 spiro atoms. The van der Waals surface area contributed by atoms with E-state index in [9.17, 15) is 19.5 Å². The first kappa shape index (κ1) is 20.5. The molecule has 166 valence electrons. The molecule has 0 radical (unpaired) electrons. The molecule has 0 aromatic carbocycles. The van der Waals surface area contributed by atoms with Crippen LogP contribution in [0.2, 0.25) is 0 Å². The van der Waals surface area contributed by atoms with Gasteiger partial charge in [-0.15, -0.1) is 0 Å². The van der Waals surface area contributed by atoms with Crippen molar-refractivity contribution >= 4 is 17.4 Å². The Balaban J connectivity index is 1.58. The number of likely N-dealkylation sites (tertiary alicyclic amines) is 1. The van der Waals surface area contributed by atoms with Gasteiger partial charge in [-0.1, -0.05) is 12.5 Å². The Morgan fingerprint density at radius 3 is 2.61 bits per heavy atom. The summed E-state index contributed by atoms with van der Waals surface area (Å²) in [4.78, 5) is 41.2. The van der Waals surface area contributed by atoms with Crippen molar-refractivity contribution in [3.8, 4) is 0 Å². The van der Waals surface area contributed by atoms with E-state index in [1.807, 2.05) is 12.1 Å². The maximum absolute atomic E-state index is 13.4. The van der Waals surface area contributed by atoms with E-state index in [2.05, 4.69) is 6.08 Å². The zero-order valence-corrected chi connectivity index (χ0v) is 18.0. The summed E-state index contributed by atoms with van der Waals surface area (Å²) in [5, 5.41) is 10.2. The van der Waals surface area contributed by atoms with Gasteiger partial charge in [0.15, 0.2) is 0 Å². The quantitative estimate of drug-likeness (QED) is 0.746. The maximum atomic E-state index is 13.4. The van der Waals surface area contributed by atoms with Gasteiger partial charge in [0.2, 0.25) is 5.91 Å². The Labute approximate surface area is 181 Å². The van der Waals surface area contributed by atoms with Gasteiger partial charge in [0, 0.05) is 42.2 Å². The van der Waals surface area contributed by atoms with Gasteiger partial charge < -0.3 is 19.3 Å². The molecule has 1 saturated heterocycles. The molecule has 1 amide bonds. The van der Waals surface area contributed by atoms with E-state index in [-0.39, 0.29) is 36.0 Å². The van der Waals surface area contributed by atoms with Crippen LogP contribution < -0.4 is 5.56 Å². The Kier molecular flexibility index (Phi) is 5.24. The van der Waals surface area contributed by atoms with E-state index in [1.165, 1.54) is 7.11 Å². The number of hydrogen-bond donors (Lipinski definition) is 1. The van der Waals surface area contributed by atoms with Crippen LogP contribution in [0.15, 0.2) is 23.0 Å². The molecule has 4 aliphatic rings. The van der Waals surface area contributed by atoms with Crippen LogP contribution in [0.1, 0.15) is 62.2 Å². The summed E-state index contributed by atoms with van der Waals surface area (Å²) in [6.45, 7) is 0.184. The summed E-state index contributed by atoms with van der Waals surface area (Å²) in [5.74, 6) is -1.25. The number of aliphatic hydroxyl groups excluding tert-OH is 1. The van der Waals surface area contributed by atoms with Crippen molar-refractivity contribution in [1.29, 1.82) is 0 Å². The molecule has 3 heterocycles. The number of carbonyl (C=O) groups is 2. The number of carbonyl (C=O) groups excluding carboxylic acids is 2. The maximum Gasteiger partial charge on any atom is 0.328 e. The predicted octanol–water partition coefficient (Wildman–Crippen LogP) is 2.27. The summed E-state index contributed by atoms with van der Waals surface area (Å²) >= 11 is 0. The fourth-order valence-corrected chi connectivity index (χ4v) is 6.01. The Hall–Kier alpha value is -2.41. The van der Waals surface area contributed by atoms with Gasteiger partial charge in [0.1, 0.15) is 6.04 Å². The SMILES string of the molecule is COC(=O)[C@@H]1[C@@H](CO)[C@@H]2Cn3c(ccc(C4=CCCCC4)c3=O)[C@@H]2N1C(=O)C1CCC1. The van der Waals surface area contributed by atoms with E-state index in [4.69, 9.17) is 4.74 Å². The standard InChI is InChI=1S/C24H30N2O5/c1-31-24(30)21-18(13-27)17-12-25-19(20(17)26(21)22(28)15-8-5-9-15)11-10-16(23(25)29)14-6-3-2-4-7-14/h6,10-11,15,17-18,20-21,27H,2-5,7-9,12-13H2,1H3/t17-,18-,20+,21-/m0/s1. The first-order chi connectivity index (χ1) is 15.1. The van der Waals surface area contributed by atoms with Gasteiger partial charge in [-0.2, -0.15) is 0 Å². The third-order valence-corrected chi connectivity index (χ3v) is 7.86. The lowest BCUT2D eigenvalue weighted by atomic mass is 9.84. The minimum Gasteiger partial charge on any atom is -0.467 e. The number of ether oxygens (including phenoxy) is 1. The molecule has 1 aromatic rings. The van der Waals surface area contributed by atoms with Crippen molar-refractivity contribution in [1.82, 2.24) is 9.47 Å². The molecule has 2 aliphatic heterocycles. The van der Waals surface area contributed by atoms with Crippen molar-refractivity contribution in [2.45, 2.75) is 63.6 Å². The van der Waals surface area contributed by atoms with Crippen molar-refractivity contribution < 1.29 is 19.4 Å². The Bertz CT molecular complexity index is 992. The van der Waals surface area contributed by atoms with E-state index < -0.39 is 17.9 Å². The first-order valence-electron chi connectivity index (χ1n) is 11.5. The fraction of sp³-hybridized carbons (Fsp3) is 0.625. The van der Waals surface area contributed by atoms with Crippen molar-refractivity contribution in [3.05, 3.63) is 39.8 Å². The molecule has 7 nitrogen and oxygen atoms in total. The second-order valence-electron chi connectivity index (χ2n) is 9.36. The number of aromatic nitrogens is 1. The van der Waals surface area contributed by atoms with Gasteiger partial charge in [-0.3, -0.25) is 9.59 Å². The van der Waals surface area contributed by atoms with Crippen LogP contribution >= 0.6 is 0 Å². The van der Waals surface area contributed by atoms with Gasteiger partial charge >= 0.3 is 5.97 Å². The molecule has 0 bridgehead atoms. The Morgan fingerprint density at radius 1 is 1.19 bits per heavy atom. The van der Waals surface area contributed by atoms with Crippen molar-refractivity contribution in [2.24, 2.45) is 17.8 Å². The summed E-state index contributed by atoms with van der Waals surface area (Å²) in [6.07, 6.45) is 8.99. The molecular weight excluding hydrogens is 396 g/mol. The van der Waals surface area contributed by atoms with Crippen LogP contribution in [0.25, 0.3) is 5.57 Å². The zero-order valence-electron chi connectivity index (χ0n) is 18.0. The number of nitrogens with zero attached hydrogens (tertiary/aromatic N) is 2. The molecule has 1 saturated carbocycles. The lowest BCUT2D eigenvalue weighted by Crippen LogP contribution is -2.49. The normalized spacial score (nSPS) is 29.7. The second kappa shape index (κ2) is 7.93. The van der Waals surface area contributed by atoms with Gasteiger partial charge in [0.05, 0.1) is 13.2 Å². The van der Waals surface area contributed by atoms with Crippen LogP contribution in [0.4, 0.5) is 0 Å². The molecule has 31 heavy (non-hydrogen) atoms. The molecule has 1 aromatic heterocycles. The largest absolute Gasteiger partial charge is 0.467 e. The monoisotopic (exact) mass is 426 g/mol. The van der Waals surface area contributed by atoms with Crippen LogP contribution in [0.3, 0.4) is 0 Å². The van der Waals surface area contributed by atoms with E-state index in [1.54, 1.807) is 9.47 Å². The summed E-state index contributed by atoms with van der Waals surface area (Å²) in [5.41, 5.74) is 2.60. The van der Waals surface area contributed by atoms with Gasteiger partial charge in [-0.25, -0.2) is 4.79 Å². The third kappa shape index (κ3) is 3.08. The molecule has 2 aliphatic carbocycles. The number of methoxy groups -OCH3 is 1. The summed E-state index contributed by atoms with van der Waals surface area (Å²) in [6, 6.07) is 2.66. The zero-order chi connectivity index (χ0) is 21.7. The number of aliphatic hydroxyl groups is 1. The third-order valence-electron chi connectivity index (χ3n) is 7.86. The molecular formula is C24H30N2O5. The van der Waals surface area contributed by atoms with E-state index >= 15 is 0 Å². The summed E-state index contributed by atoms with van der Waals surface area (Å²) < 4.78 is 6.81. The molecule has 0 unspecified atom stereocenters. The number of hydrogen-bond acceptors (Lipinski definition) is 5. The number of rotatable bonds is 4. The number of amides is 1. The topological polar surface area (TPSA) is 88.8 Å². The highest BCUT2D eigenvalue weighted by Gasteiger charge is 2.58. The summed E-state index contributed by atoms with van der Waals surface area (Å²) in [7, 11) is 1.32. The highest BCUT2D eigenvalue weighted by atomic mass is 16.5. The lowest BCUT2D eigenvalue weighted by Gasteiger charge is -2.35. The number of allylic oxidation sites excluding steroid dienone is 2. The van der Waals surface area contributed by atoms with Gasteiger partial charge in [-0.05, 0) is 56.2 Å². The van der Waals surface area contributed by atoms with Crippen molar-refractivity contribution in [3.63, 3.8) is 0 Å². The minimum atomic E-state index is -0.803. The van der Waals surface area contributed by atoms with Gasteiger partial charge in [0.25, 0.3) is 5.56 Å². The predicted molar refractivity (Wildman–Crippen MR) is 114 cm³/mol. The molecule has 4 atom stereocenters. The average Bonchev–Trinajstić information content (AvgIpc) is 3.27. The molecule has 1 N–H and O–H groups in total. The highest BCUT2D eigenvalue weighted by molar-refractivity contribution is 5.88. The van der Waals surface area contributed by atoms with Crippen LogP contribution in [0.5, 0.6) is 0 Å². The van der Waals surface area contributed by atoms with Crippen molar-refractivity contribution in [2.75, 3.05) is 13.7 Å². The first-order valence-corrected chi connectivity index (χ1v) is 11.5.